The predicted molar refractivity (Wildman–Crippen MR) is 222 cm³/mol. The molecule has 2 unspecified atom stereocenters. The van der Waals surface area contributed by atoms with Crippen LogP contribution in [0.2, 0.25) is 0 Å². The standard InChI is InChI=1S/C53H40/c1-3-12-37(13-4-1)39-24-22-36(23-25-39)32-51-47-20-9-10-21-48(47)53-35-43(28-31-50(51)53)42-27-30-49-46(29-26-40-16-7-8-19-45(40)52(49)34-42)44-18-11-17-41(33-44)38-14-5-2-6-15-38/h1-25,27-28,30-31,33-35,46,51H,26,29,32H2. The highest BCUT2D eigenvalue weighted by Crippen LogP contribution is 2.49. The molecule has 0 amide bonds. The average Bonchev–Trinajstić information content (AvgIpc) is 3.43. The van der Waals surface area contributed by atoms with Crippen LogP contribution in [0.4, 0.5) is 0 Å². The van der Waals surface area contributed by atoms with Crippen LogP contribution >= 0.6 is 0 Å². The molecule has 2 aliphatic rings. The molecule has 0 radical (unpaired) electrons. The van der Waals surface area contributed by atoms with Crippen molar-refractivity contribution in [1.82, 2.24) is 0 Å². The van der Waals surface area contributed by atoms with E-state index in [2.05, 4.69) is 194 Å². The molecule has 8 aromatic carbocycles. The van der Waals surface area contributed by atoms with E-state index >= 15 is 0 Å². The van der Waals surface area contributed by atoms with Gasteiger partial charge in [0.2, 0.25) is 0 Å². The normalized spacial score (nSPS) is 15.5. The summed E-state index contributed by atoms with van der Waals surface area (Å²) in [6.45, 7) is 0. The molecule has 0 aromatic heterocycles. The summed E-state index contributed by atoms with van der Waals surface area (Å²) in [5.41, 5.74) is 21.6. The maximum absolute atomic E-state index is 2.47. The molecule has 10 rings (SSSR count). The number of hydrogen-bond donors (Lipinski definition) is 0. The molecule has 0 saturated heterocycles. The lowest BCUT2D eigenvalue weighted by Gasteiger charge is -2.21. The molecule has 0 fully saturated rings. The Hall–Kier alpha value is -6.24. The number of benzene rings is 8. The van der Waals surface area contributed by atoms with Gasteiger partial charge < -0.3 is 0 Å². The van der Waals surface area contributed by atoms with Gasteiger partial charge in [-0.1, -0.05) is 182 Å². The molecule has 0 aliphatic heterocycles. The molecule has 53 heavy (non-hydrogen) atoms. The summed E-state index contributed by atoms with van der Waals surface area (Å²) in [5.74, 6) is 0.661. The van der Waals surface area contributed by atoms with E-state index in [0.29, 0.717) is 11.8 Å². The molecule has 0 bridgehead atoms. The SMILES string of the molecule is c1ccc(-c2ccc(CC3c4ccccc4-c4cc(-c5ccc6c(c5)-c5ccccc5CCC6c5cccc(-c6ccccc6)c5)ccc43)cc2)cc1. The molecule has 8 aromatic rings. The predicted octanol–water partition coefficient (Wildman–Crippen LogP) is 13.8. The second kappa shape index (κ2) is 13.4. The largest absolute Gasteiger partial charge is 0.0622 e. The second-order valence-corrected chi connectivity index (χ2v) is 14.8. The van der Waals surface area contributed by atoms with E-state index in [1.807, 2.05) is 0 Å². The molecule has 0 nitrogen and oxygen atoms in total. The van der Waals surface area contributed by atoms with E-state index in [1.165, 1.54) is 89.0 Å². The first kappa shape index (κ1) is 31.5. The smallest absolute Gasteiger partial charge is 0.0142 e. The summed E-state index contributed by atoms with van der Waals surface area (Å²) >= 11 is 0. The third-order valence-corrected chi connectivity index (χ3v) is 11.7. The molecule has 252 valence electrons. The second-order valence-electron chi connectivity index (χ2n) is 14.8. The van der Waals surface area contributed by atoms with E-state index in [1.54, 1.807) is 0 Å². The average molecular weight is 677 g/mol. The number of hydrogen-bond acceptors (Lipinski definition) is 0. The lowest BCUT2D eigenvalue weighted by atomic mass is 9.83. The fourth-order valence-corrected chi connectivity index (χ4v) is 9.05. The fourth-order valence-electron chi connectivity index (χ4n) is 9.05. The van der Waals surface area contributed by atoms with Crippen molar-refractivity contribution in [2.75, 3.05) is 0 Å². The van der Waals surface area contributed by atoms with Crippen LogP contribution in [-0.2, 0) is 12.8 Å². The van der Waals surface area contributed by atoms with Crippen LogP contribution in [-0.4, -0.2) is 0 Å². The highest BCUT2D eigenvalue weighted by atomic mass is 14.3. The summed E-state index contributed by atoms with van der Waals surface area (Å²) in [4.78, 5) is 0. The van der Waals surface area contributed by atoms with Gasteiger partial charge in [-0.05, 0) is 120 Å². The number of fused-ring (bicyclic) bond motifs is 6. The molecular weight excluding hydrogens is 637 g/mol. The molecule has 0 N–H and O–H groups in total. The molecule has 2 atom stereocenters. The minimum atomic E-state index is 0.324. The van der Waals surface area contributed by atoms with Gasteiger partial charge in [-0.25, -0.2) is 0 Å². The Morgan fingerprint density at radius 3 is 1.64 bits per heavy atom. The van der Waals surface area contributed by atoms with Crippen molar-refractivity contribution in [2.24, 2.45) is 0 Å². The van der Waals surface area contributed by atoms with Crippen LogP contribution in [0.5, 0.6) is 0 Å². The number of rotatable bonds is 6. The minimum Gasteiger partial charge on any atom is -0.0622 e. The van der Waals surface area contributed by atoms with Gasteiger partial charge in [-0.3, -0.25) is 0 Å². The summed E-state index contributed by atoms with van der Waals surface area (Å²) in [5, 5.41) is 0. The Kier molecular flexibility index (Phi) is 7.95. The van der Waals surface area contributed by atoms with Gasteiger partial charge in [0.15, 0.2) is 0 Å². The molecule has 0 heteroatoms. The first-order valence-electron chi connectivity index (χ1n) is 19.0. The third-order valence-electron chi connectivity index (χ3n) is 11.7. The summed E-state index contributed by atoms with van der Waals surface area (Å²) < 4.78 is 0. The third kappa shape index (κ3) is 5.81. The minimum absolute atomic E-state index is 0.324. The maximum atomic E-state index is 2.47. The van der Waals surface area contributed by atoms with Crippen molar-refractivity contribution in [3.05, 3.63) is 228 Å². The van der Waals surface area contributed by atoms with Crippen LogP contribution in [0, 0.1) is 0 Å². The number of aryl methyl sites for hydroxylation is 1. The Labute approximate surface area is 313 Å². The quantitative estimate of drug-likeness (QED) is 0.164. The molecule has 2 aliphatic carbocycles. The van der Waals surface area contributed by atoms with Crippen molar-refractivity contribution < 1.29 is 0 Å². The first-order chi connectivity index (χ1) is 26.3. The first-order valence-corrected chi connectivity index (χ1v) is 19.0. The van der Waals surface area contributed by atoms with Gasteiger partial charge in [0.05, 0.1) is 0 Å². The Morgan fingerprint density at radius 1 is 0.358 bits per heavy atom. The maximum Gasteiger partial charge on any atom is 0.0142 e. The van der Waals surface area contributed by atoms with Crippen LogP contribution in [0.1, 0.15) is 51.6 Å². The van der Waals surface area contributed by atoms with E-state index in [-0.39, 0.29) is 0 Å². The van der Waals surface area contributed by atoms with Crippen LogP contribution in [0.15, 0.2) is 194 Å². The molecule has 0 spiro atoms. The topological polar surface area (TPSA) is 0 Å². The Morgan fingerprint density at radius 2 is 0.887 bits per heavy atom. The van der Waals surface area contributed by atoms with Gasteiger partial charge >= 0.3 is 0 Å². The zero-order chi connectivity index (χ0) is 35.1. The van der Waals surface area contributed by atoms with Gasteiger partial charge in [0.1, 0.15) is 0 Å². The lowest BCUT2D eigenvalue weighted by molar-refractivity contribution is 0.726. The van der Waals surface area contributed by atoms with Gasteiger partial charge in [0, 0.05) is 11.8 Å². The van der Waals surface area contributed by atoms with Crippen molar-refractivity contribution in [1.29, 1.82) is 0 Å². The Bertz CT molecular complexity index is 2580. The summed E-state index contributed by atoms with van der Waals surface area (Å²) in [7, 11) is 0. The van der Waals surface area contributed by atoms with Crippen molar-refractivity contribution in [3.63, 3.8) is 0 Å². The monoisotopic (exact) mass is 676 g/mol. The summed E-state index contributed by atoms with van der Waals surface area (Å²) in [6, 6.07) is 72.4. The van der Waals surface area contributed by atoms with E-state index in [4.69, 9.17) is 0 Å². The Balaban J connectivity index is 1.02. The molecular formula is C53H40. The highest BCUT2D eigenvalue weighted by Gasteiger charge is 2.29. The van der Waals surface area contributed by atoms with Crippen molar-refractivity contribution in [3.8, 4) is 55.6 Å². The van der Waals surface area contributed by atoms with E-state index in [0.717, 1.165) is 19.3 Å². The van der Waals surface area contributed by atoms with Crippen LogP contribution < -0.4 is 0 Å². The van der Waals surface area contributed by atoms with Gasteiger partial charge in [0.25, 0.3) is 0 Å². The zero-order valence-corrected chi connectivity index (χ0v) is 29.8. The van der Waals surface area contributed by atoms with Crippen molar-refractivity contribution in [2.45, 2.75) is 31.1 Å². The molecule has 0 heterocycles. The van der Waals surface area contributed by atoms with Crippen LogP contribution in [0.3, 0.4) is 0 Å². The van der Waals surface area contributed by atoms with Crippen molar-refractivity contribution >= 4 is 0 Å². The zero-order valence-electron chi connectivity index (χ0n) is 29.8. The highest BCUT2D eigenvalue weighted by molar-refractivity contribution is 5.85. The van der Waals surface area contributed by atoms with Gasteiger partial charge in [-0.2, -0.15) is 0 Å². The van der Waals surface area contributed by atoms with E-state index in [9.17, 15) is 0 Å². The van der Waals surface area contributed by atoms with E-state index < -0.39 is 0 Å². The van der Waals surface area contributed by atoms with Gasteiger partial charge in [-0.15, -0.1) is 0 Å². The fraction of sp³-hybridized carbons (Fsp3) is 0.0943. The molecule has 0 saturated carbocycles. The summed E-state index contributed by atoms with van der Waals surface area (Å²) in [6.07, 6.45) is 3.14. The lowest BCUT2D eigenvalue weighted by Crippen LogP contribution is -2.03. The van der Waals surface area contributed by atoms with Crippen LogP contribution in [0.25, 0.3) is 55.6 Å².